The van der Waals surface area contributed by atoms with Gasteiger partial charge in [-0.25, -0.2) is 19.2 Å². The number of carbonyl (C=O) groups excluding carboxylic acids is 2. The molecule has 6 bridgehead atoms. The van der Waals surface area contributed by atoms with E-state index in [0.717, 1.165) is 0 Å². The molecule has 8 rings (SSSR count). The fraction of sp³-hybridized carbons (Fsp3) is 0.176. The minimum Gasteiger partial charge on any atom is -0.504 e. The normalized spacial score (nSPS) is 21.3. The average Bonchev–Trinajstić information content (AvgIpc) is 3.15. The number of benzene rings is 4. The predicted octanol–water partition coefficient (Wildman–Crippen LogP) is 0.0152. The Morgan fingerprint density at radius 2 is 0.929 bits per heavy atom. The molecule has 0 amide bonds. The van der Waals surface area contributed by atoms with Crippen molar-refractivity contribution in [3.8, 4) is 79.7 Å². The summed E-state index contributed by atoms with van der Waals surface area (Å²) in [5.41, 5.74) is -11.8. The first-order valence-corrected chi connectivity index (χ1v) is 15.7. The summed E-state index contributed by atoms with van der Waals surface area (Å²) >= 11 is 0. The first kappa shape index (κ1) is 35.6. The van der Waals surface area contributed by atoms with Crippen molar-refractivity contribution >= 4 is 44.6 Å². The monoisotopic (exact) mass is 782 g/mol. The second kappa shape index (κ2) is 11.8. The summed E-state index contributed by atoms with van der Waals surface area (Å²) in [6, 6.07) is 0.887. The SMILES string of the molecule is O=C1OC[C@@H]2OC(O)[C@H](O)[C@@H](O)[C@@H]2OC(=O)c2cc(O)c(O)c(O)c2-c2c(O)c(O)c3oc(=O)c4c(c(O)c(O)c5oc(=O)c2c3c54)-c2c1cc(O)c(O)c2O. The molecule has 0 radical (unpaired) electrons. The molecule has 4 aromatic carbocycles. The van der Waals surface area contributed by atoms with Crippen LogP contribution in [0.15, 0.2) is 30.6 Å². The largest absolute Gasteiger partial charge is 0.504 e. The minimum atomic E-state index is -2.28. The van der Waals surface area contributed by atoms with E-state index in [1.54, 1.807) is 0 Å². The first-order valence-electron chi connectivity index (χ1n) is 15.7. The van der Waals surface area contributed by atoms with Gasteiger partial charge in [0.15, 0.2) is 58.1 Å². The third-order valence-corrected chi connectivity index (χ3v) is 9.58. The molecular formula is C34H22O22. The highest BCUT2D eigenvalue weighted by molar-refractivity contribution is 6.29. The maximum absolute atomic E-state index is 14.0. The van der Waals surface area contributed by atoms with Gasteiger partial charge < -0.3 is 89.4 Å². The molecule has 22 heteroatoms. The third-order valence-electron chi connectivity index (χ3n) is 9.58. The van der Waals surface area contributed by atoms with E-state index in [-0.39, 0.29) is 0 Å². The van der Waals surface area contributed by atoms with E-state index in [4.69, 9.17) is 23.0 Å². The molecule has 5 atom stereocenters. The average molecular weight is 783 g/mol. The molecule has 6 aromatic rings. The lowest BCUT2D eigenvalue weighted by Crippen LogP contribution is -2.60. The summed E-state index contributed by atoms with van der Waals surface area (Å²) in [6.07, 6.45) is -10.9. The van der Waals surface area contributed by atoms with Crippen molar-refractivity contribution in [2.75, 3.05) is 6.61 Å². The lowest BCUT2D eigenvalue weighted by atomic mass is 9.88. The Hall–Kier alpha value is -7.40. The van der Waals surface area contributed by atoms with Crippen LogP contribution in [0.4, 0.5) is 0 Å². The maximum atomic E-state index is 14.0. The Bertz CT molecular complexity index is 2870. The number of phenolic OH excluding ortho intramolecular Hbond substituents is 10. The van der Waals surface area contributed by atoms with Crippen molar-refractivity contribution < 1.29 is 99.0 Å². The van der Waals surface area contributed by atoms with Gasteiger partial charge in [-0.2, -0.15) is 0 Å². The van der Waals surface area contributed by atoms with Gasteiger partial charge in [-0.15, -0.1) is 0 Å². The van der Waals surface area contributed by atoms with Crippen LogP contribution < -0.4 is 11.3 Å². The molecular weight excluding hydrogens is 760 g/mol. The van der Waals surface area contributed by atoms with Crippen molar-refractivity contribution in [1.82, 2.24) is 0 Å². The molecule has 1 fully saturated rings. The van der Waals surface area contributed by atoms with Crippen LogP contribution in [0.3, 0.4) is 0 Å². The van der Waals surface area contributed by atoms with Crippen LogP contribution in [0.2, 0.25) is 0 Å². The molecule has 1 saturated heterocycles. The van der Waals surface area contributed by atoms with Crippen LogP contribution in [0, 0.1) is 0 Å². The van der Waals surface area contributed by atoms with Crippen LogP contribution in [-0.4, -0.2) is 116 Å². The fourth-order valence-electron chi connectivity index (χ4n) is 7.00. The van der Waals surface area contributed by atoms with E-state index in [1.807, 2.05) is 0 Å². The van der Waals surface area contributed by atoms with Crippen molar-refractivity contribution in [2.24, 2.45) is 0 Å². The van der Waals surface area contributed by atoms with Crippen LogP contribution in [-0.2, 0) is 14.2 Å². The number of ether oxygens (including phenoxy) is 3. The molecule has 22 nitrogen and oxygen atoms in total. The van der Waals surface area contributed by atoms with Gasteiger partial charge >= 0.3 is 23.2 Å². The molecule has 2 aliphatic rings. The van der Waals surface area contributed by atoms with E-state index in [9.17, 15) is 85.6 Å². The second-order valence-electron chi connectivity index (χ2n) is 12.6. The summed E-state index contributed by atoms with van der Waals surface area (Å²) in [5, 5.41) is 137. The van der Waals surface area contributed by atoms with Gasteiger partial charge in [-0.3, -0.25) is 0 Å². The van der Waals surface area contributed by atoms with Gasteiger partial charge in [0.25, 0.3) is 0 Å². The van der Waals surface area contributed by atoms with Crippen LogP contribution in [0.25, 0.3) is 55.0 Å². The van der Waals surface area contributed by atoms with Gasteiger partial charge in [0.05, 0.1) is 21.9 Å². The number of aromatic hydroxyl groups is 10. The number of esters is 2. The topological polar surface area (TPSA) is 385 Å². The van der Waals surface area contributed by atoms with Crippen molar-refractivity contribution in [2.45, 2.75) is 30.7 Å². The third kappa shape index (κ3) is 4.57. The molecule has 0 spiro atoms. The van der Waals surface area contributed by atoms with E-state index >= 15 is 0 Å². The zero-order valence-electron chi connectivity index (χ0n) is 27.2. The number of fused-ring (bicyclic) bond motifs is 5. The Morgan fingerprint density at radius 1 is 0.500 bits per heavy atom. The lowest BCUT2D eigenvalue weighted by Gasteiger charge is -2.40. The van der Waals surface area contributed by atoms with E-state index in [0.29, 0.717) is 12.1 Å². The van der Waals surface area contributed by atoms with Crippen molar-refractivity contribution in [3.05, 3.63) is 44.1 Å². The molecule has 13 N–H and O–H groups in total. The first-order chi connectivity index (χ1) is 26.4. The van der Waals surface area contributed by atoms with Gasteiger partial charge in [0.2, 0.25) is 23.0 Å². The minimum absolute atomic E-state index is 0.424. The number of aliphatic hydroxyl groups is 3. The summed E-state index contributed by atoms with van der Waals surface area (Å²) in [5.74, 6) is -17.2. The van der Waals surface area contributed by atoms with Gasteiger partial charge in [0.1, 0.15) is 24.9 Å². The Labute approximate surface area is 304 Å². The number of carbonyl (C=O) groups is 2. The summed E-state index contributed by atoms with van der Waals surface area (Å²) < 4.78 is 26.3. The second-order valence-corrected chi connectivity index (χ2v) is 12.6. The van der Waals surface area contributed by atoms with E-state index in [1.165, 1.54) is 0 Å². The molecule has 1 unspecified atom stereocenters. The van der Waals surface area contributed by atoms with Crippen LogP contribution >= 0.6 is 0 Å². The van der Waals surface area contributed by atoms with Crippen molar-refractivity contribution in [3.63, 3.8) is 0 Å². The number of phenols is 10. The molecule has 56 heavy (non-hydrogen) atoms. The molecule has 0 saturated carbocycles. The Kier molecular flexibility index (Phi) is 7.50. The molecule has 4 heterocycles. The standard InChI is InChI=1S/C34H22O22/c35-6-1-4-9(19(39)17(6)37)11-15-13-14-16(33(50)56-28(13)23(43)21(11)41)12(22(42)24(44)29(14)55-32(15)49)10-5(2-7(36)18(38)20(10)40)31(48)54-27-8(3-52-30(4)47)53-34(51)26(46)25(27)45/h1-2,8,25-27,34-46,51H,3H2/t8-,25+,26+,27+,34?/m0/s1. The van der Waals surface area contributed by atoms with Gasteiger partial charge in [0, 0.05) is 33.0 Å². The smallest absolute Gasteiger partial charge is 0.345 e. The van der Waals surface area contributed by atoms with Gasteiger partial charge in [-0.1, -0.05) is 0 Å². The number of hydrogen-bond acceptors (Lipinski definition) is 22. The summed E-state index contributed by atoms with van der Waals surface area (Å²) in [4.78, 5) is 55.4. The molecule has 0 aliphatic carbocycles. The maximum Gasteiger partial charge on any atom is 0.345 e. The van der Waals surface area contributed by atoms with Crippen LogP contribution in [0.5, 0.6) is 57.5 Å². The van der Waals surface area contributed by atoms with Crippen LogP contribution in [0.1, 0.15) is 20.7 Å². The highest BCUT2D eigenvalue weighted by atomic mass is 16.7. The zero-order valence-corrected chi connectivity index (χ0v) is 27.2. The molecule has 290 valence electrons. The van der Waals surface area contributed by atoms with Gasteiger partial charge in [-0.05, 0) is 12.1 Å². The number of cyclic esters (lactones) is 1. The lowest BCUT2D eigenvalue weighted by molar-refractivity contribution is -0.285. The number of rotatable bonds is 0. The number of aliphatic hydroxyl groups excluding tert-OH is 3. The molecule has 2 aliphatic heterocycles. The van der Waals surface area contributed by atoms with E-state index in [2.05, 4.69) is 0 Å². The Morgan fingerprint density at radius 3 is 1.39 bits per heavy atom. The quantitative estimate of drug-likeness (QED) is 0.0418. The predicted molar refractivity (Wildman–Crippen MR) is 177 cm³/mol. The number of hydrogen-bond donors (Lipinski definition) is 13. The fourth-order valence-corrected chi connectivity index (χ4v) is 7.00. The van der Waals surface area contributed by atoms with Crippen molar-refractivity contribution in [1.29, 1.82) is 0 Å². The Balaban J connectivity index is 1.62. The summed E-state index contributed by atoms with van der Waals surface area (Å²) in [7, 11) is 0. The highest BCUT2D eigenvalue weighted by Gasteiger charge is 2.48. The highest BCUT2D eigenvalue weighted by Crippen LogP contribution is 2.58. The molecule has 2 aromatic heterocycles. The zero-order chi connectivity index (χ0) is 40.6. The summed E-state index contributed by atoms with van der Waals surface area (Å²) in [6.45, 7) is -1.15. The van der Waals surface area contributed by atoms with E-state index < -0.39 is 184 Å².